The molecule has 0 bridgehead atoms. The van der Waals surface area contributed by atoms with Gasteiger partial charge in [0.15, 0.2) is 9.84 Å². The van der Waals surface area contributed by atoms with Gasteiger partial charge in [-0.05, 0) is 93.5 Å². The normalized spacial score (nSPS) is 15.0. The number of nitrogens with zero attached hydrogens (tertiary/aromatic N) is 1. The molecule has 0 radical (unpaired) electrons. The molecule has 0 aliphatic heterocycles. The smallest absolute Gasteiger partial charge is 0.258 e. The molecule has 1 unspecified atom stereocenters. The molecule has 192 valence electrons. The molecule has 1 aliphatic carbocycles. The maximum Gasteiger partial charge on any atom is 0.258 e. The van der Waals surface area contributed by atoms with E-state index in [2.05, 4.69) is 31.2 Å². The molecule has 1 N–H and O–H groups in total. The Kier molecular flexibility index (Phi) is 9.84. The van der Waals surface area contributed by atoms with E-state index in [9.17, 15) is 13.2 Å². The van der Waals surface area contributed by atoms with Crippen molar-refractivity contribution in [2.45, 2.75) is 36.3 Å². The number of nitrogens with one attached hydrogen (secondary N) is 1. The number of hydrogen-bond acceptors (Lipinski definition) is 4. The molecule has 0 saturated heterocycles. The van der Waals surface area contributed by atoms with Gasteiger partial charge in [0.2, 0.25) is 0 Å². The lowest BCUT2D eigenvalue weighted by Crippen LogP contribution is -2.20. The zero-order valence-corrected chi connectivity index (χ0v) is 23.5. The maximum atomic E-state index is 13.4. The van der Waals surface area contributed by atoms with E-state index in [1.54, 1.807) is 48.5 Å². The summed E-state index contributed by atoms with van der Waals surface area (Å²) in [6.07, 6.45) is 2.04. The van der Waals surface area contributed by atoms with Gasteiger partial charge in [0.1, 0.15) is 0 Å². The topological polar surface area (TPSA) is 66.5 Å². The molecule has 36 heavy (non-hydrogen) atoms. The van der Waals surface area contributed by atoms with Crippen LogP contribution in [0.4, 0.5) is 5.69 Å². The average Bonchev–Trinajstić information content (AvgIpc) is 2.84. The Morgan fingerprint density at radius 1 is 1.00 bits per heavy atom. The van der Waals surface area contributed by atoms with Crippen LogP contribution in [0.1, 0.15) is 46.5 Å². The van der Waals surface area contributed by atoms with E-state index in [-0.39, 0.29) is 20.5 Å². The third kappa shape index (κ3) is 6.81. The molecule has 3 aromatic rings. The molecular formula is C27H29Cl3N2O3S. The molecule has 0 heterocycles. The molecule has 0 spiro atoms. The van der Waals surface area contributed by atoms with Crippen LogP contribution in [-0.2, 0) is 16.3 Å². The lowest BCUT2D eigenvalue weighted by Gasteiger charge is -2.26. The van der Waals surface area contributed by atoms with Gasteiger partial charge < -0.3 is 10.2 Å². The van der Waals surface area contributed by atoms with Crippen LogP contribution >= 0.6 is 34.8 Å². The minimum Gasteiger partial charge on any atom is -0.322 e. The molecule has 0 saturated carbocycles. The van der Waals surface area contributed by atoms with Gasteiger partial charge >= 0.3 is 0 Å². The second kappa shape index (κ2) is 12.4. The minimum atomic E-state index is -3.65. The van der Waals surface area contributed by atoms with Crippen molar-refractivity contribution < 1.29 is 13.2 Å². The van der Waals surface area contributed by atoms with Crippen LogP contribution in [0.15, 0.2) is 65.6 Å². The van der Waals surface area contributed by atoms with E-state index in [0.717, 1.165) is 24.9 Å². The maximum absolute atomic E-state index is 13.4. The van der Waals surface area contributed by atoms with Gasteiger partial charge in [0.25, 0.3) is 5.91 Å². The first-order valence-corrected chi connectivity index (χ1v) is 14.2. The van der Waals surface area contributed by atoms with E-state index in [1.165, 1.54) is 6.07 Å². The van der Waals surface area contributed by atoms with Crippen LogP contribution in [0.25, 0.3) is 0 Å². The number of sulfone groups is 1. The number of fused-ring (bicyclic) bond motifs is 1. The predicted octanol–water partition coefficient (Wildman–Crippen LogP) is 7.32. The van der Waals surface area contributed by atoms with E-state index in [1.807, 2.05) is 6.07 Å². The summed E-state index contributed by atoms with van der Waals surface area (Å²) in [5, 5.41) is 2.93. The highest BCUT2D eigenvalue weighted by Crippen LogP contribution is 2.40. The zero-order valence-electron chi connectivity index (χ0n) is 20.4. The number of carbonyl (C=O) groups is 1. The Balaban J connectivity index is 0.000000658. The van der Waals surface area contributed by atoms with E-state index in [0.29, 0.717) is 22.7 Å². The standard InChI is InChI=1S/C23H18Cl3NO3S.C4H11N/c24-15-5-2-6-17(12-15)31(29,30)21-9-1-4-14-10-11-16(13-18(14)21)27-23(28)22-19(25)7-3-8-20(22)26;1-4-5(2)3/h2-3,5-8,10-13,21H,1,4,9H2,(H,27,28);4H2,1-3H3. The van der Waals surface area contributed by atoms with E-state index >= 15 is 0 Å². The van der Waals surface area contributed by atoms with Crippen molar-refractivity contribution in [3.8, 4) is 0 Å². The molecule has 1 atom stereocenters. The van der Waals surface area contributed by atoms with Crippen LogP contribution in [0.2, 0.25) is 15.1 Å². The van der Waals surface area contributed by atoms with E-state index in [4.69, 9.17) is 34.8 Å². The highest BCUT2D eigenvalue weighted by atomic mass is 35.5. The number of anilines is 1. The van der Waals surface area contributed by atoms with Crippen molar-refractivity contribution in [3.05, 3.63) is 92.4 Å². The van der Waals surface area contributed by atoms with Gasteiger partial charge in [-0.2, -0.15) is 0 Å². The van der Waals surface area contributed by atoms with Crippen molar-refractivity contribution in [2.75, 3.05) is 26.0 Å². The van der Waals surface area contributed by atoms with Gasteiger partial charge in [-0.25, -0.2) is 8.42 Å². The predicted molar refractivity (Wildman–Crippen MR) is 149 cm³/mol. The first-order valence-electron chi connectivity index (χ1n) is 11.6. The summed E-state index contributed by atoms with van der Waals surface area (Å²) in [7, 11) is 0.463. The number of halogens is 3. The number of benzene rings is 3. The van der Waals surface area contributed by atoms with Crippen LogP contribution in [-0.4, -0.2) is 39.9 Å². The van der Waals surface area contributed by atoms with Gasteiger partial charge in [-0.15, -0.1) is 0 Å². The molecular weight excluding hydrogens is 539 g/mol. The summed E-state index contributed by atoms with van der Waals surface area (Å²) < 4.78 is 26.7. The number of carbonyl (C=O) groups excluding carboxylic acids is 1. The molecule has 0 fully saturated rings. The minimum absolute atomic E-state index is 0.173. The van der Waals surface area contributed by atoms with Crippen LogP contribution in [0, 0.1) is 0 Å². The lowest BCUT2D eigenvalue weighted by atomic mass is 9.91. The van der Waals surface area contributed by atoms with Crippen molar-refractivity contribution in [1.82, 2.24) is 4.90 Å². The lowest BCUT2D eigenvalue weighted by molar-refractivity contribution is 0.102. The Labute approximate surface area is 228 Å². The molecule has 3 aromatic carbocycles. The number of rotatable bonds is 5. The van der Waals surface area contributed by atoms with Crippen LogP contribution in [0.3, 0.4) is 0 Å². The average molecular weight is 568 g/mol. The number of aryl methyl sites for hydroxylation is 1. The summed E-state index contributed by atoms with van der Waals surface area (Å²) in [6, 6.07) is 16.5. The zero-order chi connectivity index (χ0) is 26.5. The fourth-order valence-electron chi connectivity index (χ4n) is 3.87. The first kappa shape index (κ1) is 28.5. The molecule has 9 heteroatoms. The summed E-state index contributed by atoms with van der Waals surface area (Å²) in [4.78, 5) is 15.1. The van der Waals surface area contributed by atoms with Crippen molar-refractivity contribution in [3.63, 3.8) is 0 Å². The van der Waals surface area contributed by atoms with Gasteiger partial charge in [0, 0.05) is 10.7 Å². The number of amides is 1. The summed E-state index contributed by atoms with van der Waals surface area (Å²) in [6.45, 7) is 3.26. The Morgan fingerprint density at radius 2 is 1.64 bits per heavy atom. The van der Waals surface area contributed by atoms with Gasteiger partial charge in [-0.3, -0.25) is 4.79 Å². The molecule has 1 amide bonds. The van der Waals surface area contributed by atoms with Crippen molar-refractivity contribution >= 4 is 56.2 Å². The molecule has 1 aliphatic rings. The van der Waals surface area contributed by atoms with Crippen molar-refractivity contribution in [1.29, 1.82) is 0 Å². The highest BCUT2D eigenvalue weighted by molar-refractivity contribution is 7.91. The second-order valence-corrected chi connectivity index (χ2v) is 12.1. The summed E-state index contributed by atoms with van der Waals surface area (Å²) >= 11 is 18.3. The Morgan fingerprint density at radius 3 is 2.25 bits per heavy atom. The van der Waals surface area contributed by atoms with Gasteiger partial charge in [0.05, 0.1) is 25.8 Å². The third-order valence-electron chi connectivity index (χ3n) is 5.98. The van der Waals surface area contributed by atoms with Crippen LogP contribution < -0.4 is 5.32 Å². The summed E-state index contributed by atoms with van der Waals surface area (Å²) in [5.74, 6) is -0.458. The quantitative estimate of drug-likeness (QED) is 0.351. The van der Waals surface area contributed by atoms with E-state index < -0.39 is 21.0 Å². The van der Waals surface area contributed by atoms with Gasteiger partial charge in [-0.1, -0.05) is 59.9 Å². The van der Waals surface area contributed by atoms with Crippen LogP contribution in [0.5, 0.6) is 0 Å². The Hall–Kier alpha value is -2.09. The summed E-state index contributed by atoms with van der Waals surface area (Å²) in [5.41, 5.74) is 2.30. The first-order chi connectivity index (χ1) is 17.0. The van der Waals surface area contributed by atoms with Crippen molar-refractivity contribution in [2.24, 2.45) is 0 Å². The Bertz CT molecular complexity index is 1320. The molecule has 4 rings (SSSR count). The monoisotopic (exact) mass is 566 g/mol. The highest BCUT2D eigenvalue weighted by Gasteiger charge is 2.33. The SMILES string of the molecule is CCN(C)C.O=C(Nc1ccc2c(c1)C(S(=O)(=O)c1cccc(Cl)c1)CCC2)c1c(Cl)cccc1Cl. The molecule has 5 nitrogen and oxygen atoms in total. The number of hydrogen-bond donors (Lipinski definition) is 1. The third-order valence-corrected chi connectivity index (χ3v) is 9.00. The largest absolute Gasteiger partial charge is 0.322 e. The fraction of sp³-hybridized carbons (Fsp3) is 0.296. The molecule has 0 aromatic heterocycles. The second-order valence-electron chi connectivity index (χ2n) is 8.74. The fourth-order valence-corrected chi connectivity index (χ4v) is 6.62.